The van der Waals surface area contributed by atoms with Gasteiger partial charge in [-0.05, 0) is 31.9 Å². The third kappa shape index (κ3) is 5.17. The number of alkyl carbamates (subject to hydrolysis) is 1. The molecule has 0 saturated carbocycles. The van der Waals surface area contributed by atoms with E-state index in [9.17, 15) is 29.6 Å². The number of ether oxygens (including phenoxy) is 2. The summed E-state index contributed by atoms with van der Waals surface area (Å²) in [5.41, 5.74) is 1.25. The van der Waals surface area contributed by atoms with E-state index < -0.39 is 47.8 Å². The monoisotopic (exact) mass is 461 g/mol. The van der Waals surface area contributed by atoms with Crippen molar-refractivity contribution >= 4 is 29.6 Å². The number of carbonyl (C=O) groups excluding carboxylic acids is 3. The number of nitro groups is 1. The van der Waals surface area contributed by atoms with E-state index in [2.05, 4.69) is 10.6 Å². The van der Waals surface area contributed by atoms with Gasteiger partial charge in [0, 0.05) is 6.07 Å². The second-order valence-corrected chi connectivity index (χ2v) is 7.68. The minimum absolute atomic E-state index is 0.0472. The van der Waals surface area contributed by atoms with Gasteiger partial charge < -0.3 is 19.9 Å². The summed E-state index contributed by atoms with van der Waals surface area (Å²) in [7, 11) is 0. The van der Waals surface area contributed by atoms with Crippen LogP contribution in [-0.2, 0) is 20.7 Å². The number of aliphatic hydroxyl groups is 1. The largest absolute Gasteiger partial charge is 0.506 e. The molecule has 0 aliphatic carbocycles. The van der Waals surface area contributed by atoms with Crippen LogP contribution in [0.3, 0.4) is 0 Å². The van der Waals surface area contributed by atoms with Crippen molar-refractivity contribution in [2.75, 3.05) is 6.61 Å². The minimum Gasteiger partial charge on any atom is -0.457 e. The summed E-state index contributed by atoms with van der Waals surface area (Å²) in [5.74, 6) is -0.384. The van der Waals surface area contributed by atoms with E-state index in [1.807, 2.05) is 6.92 Å². The lowest BCUT2D eigenvalue weighted by molar-refractivity contribution is -0.386. The minimum atomic E-state index is -0.917. The first kappa shape index (κ1) is 23.9. The molecule has 3 atom stereocenters. The molecule has 1 aromatic carbocycles. The van der Waals surface area contributed by atoms with Gasteiger partial charge in [0.05, 0.1) is 35.1 Å². The van der Waals surface area contributed by atoms with Gasteiger partial charge in [0.1, 0.15) is 18.4 Å². The average Bonchev–Trinajstić information content (AvgIpc) is 3.17. The summed E-state index contributed by atoms with van der Waals surface area (Å²) in [6.07, 6.45) is -0.625. The number of imide groups is 1. The van der Waals surface area contributed by atoms with Crippen LogP contribution in [0.5, 0.6) is 0 Å². The highest BCUT2D eigenvalue weighted by Crippen LogP contribution is 2.29. The van der Waals surface area contributed by atoms with Gasteiger partial charge in [0.15, 0.2) is 0 Å². The molecule has 33 heavy (non-hydrogen) atoms. The number of rotatable bonds is 6. The zero-order valence-corrected chi connectivity index (χ0v) is 18.4. The fourth-order valence-corrected chi connectivity index (χ4v) is 3.57. The maximum atomic E-state index is 12.5. The van der Waals surface area contributed by atoms with Crippen LogP contribution in [0.15, 0.2) is 30.0 Å². The third-order valence-electron chi connectivity index (χ3n) is 5.42. The van der Waals surface area contributed by atoms with Crippen LogP contribution in [0.4, 0.5) is 15.3 Å². The first-order valence-corrected chi connectivity index (χ1v) is 10.3. The lowest BCUT2D eigenvalue weighted by Crippen LogP contribution is -2.43. The van der Waals surface area contributed by atoms with Crippen molar-refractivity contribution in [3.63, 3.8) is 0 Å². The molecular formula is C21H25N4O8+. The van der Waals surface area contributed by atoms with Gasteiger partial charge in [-0.15, -0.1) is 4.58 Å². The number of aliphatic hydroxyl groups excluding tert-OH is 1. The van der Waals surface area contributed by atoms with Crippen LogP contribution in [0.25, 0.3) is 0 Å². The van der Waals surface area contributed by atoms with Crippen LogP contribution in [-0.4, -0.2) is 57.3 Å². The molecule has 1 saturated heterocycles. The Morgan fingerprint density at radius 1 is 1.45 bits per heavy atom. The second-order valence-electron chi connectivity index (χ2n) is 7.68. The quantitative estimate of drug-likeness (QED) is 0.327. The Morgan fingerprint density at radius 3 is 2.82 bits per heavy atom. The van der Waals surface area contributed by atoms with Crippen molar-refractivity contribution in [1.29, 1.82) is 0 Å². The predicted molar refractivity (Wildman–Crippen MR) is 113 cm³/mol. The molecule has 0 radical (unpaired) electrons. The van der Waals surface area contributed by atoms with Crippen LogP contribution >= 0.6 is 0 Å². The van der Waals surface area contributed by atoms with E-state index in [0.717, 1.165) is 10.1 Å². The summed E-state index contributed by atoms with van der Waals surface area (Å²) >= 11 is 0. The predicted octanol–water partition coefficient (Wildman–Crippen LogP) is 1.66. The lowest BCUT2D eigenvalue weighted by atomic mass is 10.0. The van der Waals surface area contributed by atoms with Crippen molar-refractivity contribution in [3.05, 3.63) is 51.2 Å². The van der Waals surface area contributed by atoms with Crippen molar-refractivity contribution in [2.24, 2.45) is 0 Å². The summed E-state index contributed by atoms with van der Waals surface area (Å²) in [6.45, 7) is 4.50. The molecule has 2 aliphatic rings. The summed E-state index contributed by atoms with van der Waals surface area (Å²) in [4.78, 5) is 47.1. The zero-order valence-electron chi connectivity index (χ0n) is 18.4. The topological polar surface area (TPSA) is 160 Å². The van der Waals surface area contributed by atoms with Crippen LogP contribution in [0, 0.1) is 10.1 Å². The number of amides is 4. The van der Waals surface area contributed by atoms with Gasteiger partial charge in [-0.3, -0.25) is 10.1 Å². The van der Waals surface area contributed by atoms with E-state index in [1.165, 1.54) is 26.1 Å². The Labute approximate surface area is 189 Å². The Kier molecular flexibility index (Phi) is 7.07. The fraction of sp³-hybridized carbons (Fsp3) is 0.429. The van der Waals surface area contributed by atoms with E-state index in [1.54, 1.807) is 12.1 Å². The number of benzene rings is 1. The fourth-order valence-electron chi connectivity index (χ4n) is 3.57. The van der Waals surface area contributed by atoms with E-state index in [4.69, 9.17) is 9.47 Å². The second kappa shape index (κ2) is 9.77. The Bertz CT molecular complexity index is 1060. The zero-order chi connectivity index (χ0) is 24.3. The molecule has 0 spiro atoms. The molecule has 1 aromatic rings. The van der Waals surface area contributed by atoms with Crippen LogP contribution in [0.2, 0.25) is 0 Å². The summed E-state index contributed by atoms with van der Waals surface area (Å²) in [5, 5.41) is 25.8. The molecule has 0 aromatic heterocycles. The molecule has 2 aliphatic heterocycles. The molecule has 1 unspecified atom stereocenters. The highest BCUT2D eigenvalue weighted by molar-refractivity contribution is 6.04. The smallest absolute Gasteiger partial charge is 0.457 e. The normalized spacial score (nSPS) is 23.3. The van der Waals surface area contributed by atoms with Gasteiger partial charge in [-0.25, -0.2) is 9.59 Å². The van der Waals surface area contributed by atoms with Crippen molar-refractivity contribution in [3.8, 4) is 0 Å². The number of hydrogen-bond acceptors (Lipinski definition) is 8. The number of nitrogens with zero attached hydrogens (tertiary/aromatic N) is 2. The van der Waals surface area contributed by atoms with E-state index >= 15 is 0 Å². The van der Waals surface area contributed by atoms with Crippen LogP contribution < -0.4 is 10.6 Å². The molecule has 0 bridgehead atoms. The molecule has 1 fully saturated rings. The number of aryl methyl sites for hydroxylation is 1. The van der Waals surface area contributed by atoms with Gasteiger partial charge in [0.25, 0.3) is 11.6 Å². The average molecular weight is 461 g/mol. The number of hydrogen-bond donors (Lipinski definition) is 3. The maximum absolute atomic E-state index is 12.5. The standard InChI is InChI=1S/C21H24N4O8/c1-4-13-5-6-16(25(30)31)14(7-13)12(3)32-21(29)22-15-8-18(33-17(15)10-26)24-9-11(2)19(27)23-20(24)28/h5-7,9,12,15,17,26H,4,8,10H2,1-3H3,(H-,22,23,27,28,29)/p+1/t12?,15-,17-/m1/s1. The molecule has 12 heteroatoms. The number of carbonyl (C=O) groups is 3. The highest BCUT2D eigenvalue weighted by atomic mass is 16.6. The molecule has 4 amide bonds. The number of nitrogens with one attached hydrogen (secondary N) is 2. The van der Waals surface area contributed by atoms with Gasteiger partial charge in [-0.1, -0.05) is 13.0 Å². The van der Waals surface area contributed by atoms with Crippen molar-refractivity contribution in [1.82, 2.24) is 10.6 Å². The third-order valence-corrected chi connectivity index (χ3v) is 5.42. The van der Waals surface area contributed by atoms with E-state index in [-0.39, 0.29) is 29.1 Å². The maximum Gasteiger partial charge on any atom is 0.506 e. The van der Waals surface area contributed by atoms with Gasteiger partial charge >= 0.3 is 18.0 Å². The first-order valence-electron chi connectivity index (χ1n) is 10.3. The molecule has 3 rings (SSSR count). The van der Waals surface area contributed by atoms with Crippen molar-refractivity contribution in [2.45, 2.75) is 51.9 Å². The molecule has 2 heterocycles. The summed E-state index contributed by atoms with van der Waals surface area (Å²) < 4.78 is 12.1. The first-order chi connectivity index (χ1) is 15.6. The van der Waals surface area contributed by atoms with Gasteiger partial charge in [-0.2, -0.15) is 10.1 Å². The number of urea groups is 1. The molecule has 12 nitrogen and oxygen atoms in total. The van der Waals surface area contributed by atoms with Crippen molar-refractivity contribution < 1.29 is 38.5 Å². The van der Waals surface area contributed by atoms with Crippen LogP contribution in [0.1, 0.15) is 44.4 Å². The molecular weight excluding hydrogens is 436 g/mol. The number of nitro benzene ring substituents is 1. The SMILES string of the molecule is CCc1ccc([N+](=O)[O-])c(C(C)OC(=O)N[C@@H]2CC(=[N+]3C=C(C)C(=O)NC3=O)O[C@@H]2CO)c1. The van der Waals surface area contributed by atoms with Gasteiger partial charge in [0.2, 0.25) is 0 Å². The Hall–Kier alpha value is -3.80. The molecule has 176 valence electrons. The highest BCUT2D eigenvalue weighted by Gasteiger charge is 2.41. The lowest BCUT2D eigenvalue weighted by Gasteiger charge is -2.19. The van der Waals surface area contributed by atoms with E-state index in [0.29, 0.717) is 6.42 Å². The summed E-state index contributed by atoms with van der Waals surface area (Å²) in [6, 6.07) is 3.21. The molecule has 3 N–H and O–H groups in total. The Balaban J connectivity index is 1.74. The Morgan fingerprint density at radius 2 is 2.18 bits per heavy atom.